The summed E-state index contributed by atoms with van der Waals surface area (Å²) in [5.74, 6) is 1.20. The van der Waals surface area contributed by atoms with Crippen LogP contribution in [0.3, 0.4) is 0 Å². The molecule has 0 radical (unpaired) electrons. The Kier molecular flexibility index (Phi) is 8.26. The highest BCUT2D eigenvalue weighted by molar-refractivity contribution is 5.97. The number of piperazine rings is 1. The first kappa shape index (κ1) is 23.3. The maximum Gasteiger partial charge on any atom is 0.416 e. The van der Waals surface area contributed by atoms with Crippen molar-refractivity contribution in [2.75, 3.05) is 26.2 Å². The van der Waals surface area contributed by atoms with Crippen molar-refractivity contribution in [1.82, 2.24) is 9.80 Å². The summed E-state index contributed by atoms with van der Waals surface area (Å²) in [5, 5.41) is 0. The number of halogens is 3. The van der Waals surface area contributed by atoms with Crippen LogP contribution in [0.1, 0.15) is 25.8 Å². The van der Waals surface area contributed by atoms with Gasteiger partial charge in [0.1, 0.15) is 5.75 Å². The molecule has 1 heterocycles. The largest absolute Gasteiger partial charge is 0.454 e. The average molecular weight is 421 g/mol. The molecule has 1 saturated heterocycles. The lowest BCUT2D eigenvalue weighted by molar-refractivity contribution is -0.137. The fraction of sp³-hybridized carbons (Fsp3) is 0.364. The second-order valence-electron chi connectivity index (χ2n) is 6.55. The van der Waals surface area contributed by atoms with Crippen LogP contribution in [0.5, 0.6) is 5.75 Å². The summed E-state index contributed by atoms with van der Waals surface area (Å²) in [6.45, 7) is 9.41. The second kappa shape index (κ2) is 10.7. The van der Waals surface area contributed by atoms with E-state index in [2.05, 4.69) is 11.6 Å². The SMILES string of the molecule is C=CC(=O)N1CCN(C(=N\C=C/C)/C(=C/CC)Oc2ccc(C(F)(F)F)cc2)CC1. The van der Waals surface area contributed by atoms with Crippen molar-refractivity contribution in [3.8, 4) is 5.75 Å². The molecule has 162 valence electrons. The Morgan fingerprint density at radius 3 is 2.27 bits per heavy atom. The molecular formula is C22H26F3N3O2. The Bertz CT molecular complexity index is 819. The van der Waals surface area contributed by atoms with Gasteiger partial charge in [-0.2, -0.15) is 13.2 Å². The molecule has 1 aromatic carbocycles. The summed E-state index contributed by atoms with van der Waals surface area (Å²) in [6.07, 6.45) is 2.79. The van der Waals surface area contributed by atoms with E-state index >= 15 is 0 Å². The smallest absolute Gasteiger partial charge is 0.416 e. The van der Waals surface area contributed by atoms with Crippen LogP contribution >= 0.6 is 0 Å². The van der Waals surface area contributed by atoms with Crippen molar-refractivity contribution in [1.29, 1.82) is 0 Å². The van der Waals surface area contributed by atoms with Crippen molar-refractivity contribution in [2.24, 2.45) is 4.99 Å². The van der Waals surface area contributed by atoms with Crippen molar-refractivity contribution in [3.63, 3.8) is 0 Å². The molecule has 0 unspecified atom stereocenters. The minimum absolute atomic E-state index is 0.119. The van der Waals surface area contributed by atoms with Crippen molar-refractivity contribution in [2.45, 2.75) is 26.4 Å². The molecular weight excluding hydrogens is 395 g/mol. The first-order valence-corrected chi connectivity index (χ1v) is 9.71. The Morgan fingerprint density at radius 2 is 1.77 bits per heavy atom. The Morgan fingerprint density at radius 1 is 1.17 bits per heavy atom. The molecule has 2 rings (SSSR count). The van der Waals surface area contributed by atoms with Gasteiger partial charge in [-0.1, -0.05) is 19.6 Å². The molecule has 1 aromatic rings. The van der Waals surface area contributed by atoms with E-state index < -0.39 is 11.7 Å². The van der Waals surface area contributed by atoms with Gasteiger partial charge in [0.25, 0.3) is 0 Å². The van der Waals surface area contributed by atoms with Crippen LogP contribution in [0.15, 0.2) is 66.0 Å². The van der Waals surface area contributed by atoms with Gasteiger partial charge in [0.15, 0.2) is 11.6 Å². The fourth-order valence-corrected chi connectivity index (χ4v) is 2.92. The summed E-state index contributed by atoms with van der Waals surface area (Å²) in [7, 11) is 0. The van der Waals surface area contributed by atoms with Crippen molar-refractivity contribution >= 4 is 11.7 Å². The van der Waals surface area contributed by atoms with Crippen LogP contribution in [0.2, 0.25) is 0 Å². The highest BCUT2D eigenvalue weighted by Crippen LogP contribution is 2.30. The lowest BCUT2D eigenvalue weighted by atomic mass is 10.2. The monoisotopic (exact) mass is 421 g/mol. The number of aliphatic imine (C=N–C) groups is 1. The number of amides is 1. The average Bonchev–Trinajstić information content (AvgIpc) is 2.73. The number of rotatable bonds is 6. The Balaban J connectivity index is 2.23. The highest BCUT2D eigenvalue weighted by Gasteiger charge is 2.30. The number of benzene rings is 1. The zero-order chi connectivity index (χ0) is 22.1. The van der Waals surface area contributed by atoms with E-state index in [0.29, 0.717) is 44.2 Å². The minimum atomic E-state index is -4.40. The third-order valence-electron chi connectivity index (χ3n) is 4.43. The van der Waals surface area contributed by atoms with Crippen molar-refractivity contribution < 1.29 is 22.7 Å². The zero-order valence-electron chi connectivity index (χ0n) is 17.2. The molecule has 0 saturated carbocycles. The number of nitrogens with zero attached hydrogens (tertiary/aromatic N) is 3. The third-order valence-corrected chi connectivity index (χ3v) is 4.43. The van der Waals surface area contributed by atoms with Gasteiger partial charge in [0.2, 0.25) is 5.91 Å². The van der Waals surface area contributed by atoms with Gasteiger partial charge >= 0.3 is 6.18 Å². The molecule has 0 bridgehead atoms. The van der Waals surface area contributed by atoms with Gasteiger partial charge < -0.3 is 14.5 Å². The summed E-state index contributed by atoms with van der Waals surface area (Å²) < 4.78 is 44.3. The summed E-state index contributed by atoms with van der Waals surface area (Å²) in [4.78, 5) is 20.0. The predicted molar refractivity (Wildman–Crippen MR) is 111 cm³/mol. The van der Waals surface area contributed by atoms with E-state index in [4.69, 9.17) is 4.74 Å². The topological polar surface area (TPSA) is 45.1 Å². The van der Waals surface area contributed by atoms with E-state index in [0.717, 1.165) is 12.1 Å². The molecule has 1 amide bonds. The highest BCUT2D eigenvalue weighted by atomic mass is 19.4. The lowest BCUT2D eigenvalue weighted by Crippen LogP contribution is -2.50. The maximum atomic E-state index is 12.8. The first-order chi connectivity index (χ1) is 14.3. The van der Waals surface area contributed by atoms with Crippen molar-refractivity contribution in [3.05, 3.63) is 66.6 Å². The molecule has 0 atom stereocenters. The number of allylic oxidation sites excluding steroid dienone is 2. The third kappa shape index (κ3) is 6.23. The van der Waals surface area contributed by atoms with E-state index in [1.54, 1.807) is 17.2 Å². The van der Waals surface area contributed by atoms with Gasteiger partial charge in [-0.25, -0.2) is 4.99 Å². The van der Waals surface area contributed by atoms with Crippen LogP contribution in [0.25, 0.3) is 0 Å². The summed E-state index contributed by atoms with van der Waals surface area (Å²) in [6, 6.07) is 4.56. The molecule has 0 aromatic heterocycles. The van der Waals surface area contributed by atoms with E-state index in [1.165, 1.54) is 18.2 Å². The molecule has 0 aliphatic carbocycles. The molecule has 0 spiro atoms. The number of hydrogen-bond donors (Lipinski definition) is 0. The lowest BCUT2D eigenvalue weighted by Gasteiger charge is -2.36. The molecule has 0 N–H and O–H groups in total. The second-order valence-corrected chi connectivity index (χ2v) is 6.55. The number of carbonyl (C=O) groups excluding carboxylic acids is 1. The molecule has 8 heteroatoms. The predicted octanol–water partition coefficient (Wildman–Crippen LogP) is 4.64. The van der Waals surface area contributed by atoms with Crippen LogP contribution < -0.4 is 4.74 Å². The minimum Gasteiger partial charge on any atom is -0.454 e. The van der Waals surface area contributed by atoms with Gasteiger partial charge in [0.05, 0.1) is 5.56 Å². The van der Waals surface area contributed by atoms with Gasteiger partial charge in [-0.3, -0.25) is 4.79 Å². The standard InChI is InChI=1S/C22H26F3N3O2/c1-4-7-19(30-18-10-8-17(9-11-18)22(23,24)25)21(26-12-5-2)28-15-13-27(14-16-28)20(29)6-3/h5-12H,3-4,13-16H2,1-2H3/b12-5-,19-7-,26-21-. The molecule has 1 fully saturated rings. The maximum absolute atomic E-state index is 12.8. The van der Waals surface area contributed by atoms with Crippen LogP contribution in [0.4, 0.5) is 13.2 Å². The quantitative estimate of drug-likeness (QED) is 0.291. The Hall–Kier alpha value is -3.03. The number of alkyl halides is 3. The molecule has 1 aliphatic rings. The normalized spacial score (nSPS) is 16.2. The Labute approximate surface area is 174 Å². The summed E-state index contributed by atoms with van der Waals surface area (Å²) >= 11 is 0. The van der Waals surface area contributed by atoms with Gasteiger partial charge in [-0.15, -0.1) is 0 Å². The van der Waals surface area contributed by atoms with Crippen LogP contribution in [0, 0.1) is 0 Å². The van der Waals surface area contributed by atoms with Crippen LogP contribution in [-0.2, 0) is 11.0 Å². The molecule has 1 aliphatic heterocycles. The molecule has 30 heavy (non-hydrogen) atoms. The van der Waals surface area contributed by atoms with E-state index in [-0.39, 0.29) is 11.7 Å². The first-order valence-electron chi connectivity index (χ1n) is 9.71. The zero-order valence-corrected chi connectivity index (χ0v) is 17.2. The van der Waals surface area contributed by atoms with Gasteiger partial charge in [0, 0.05) is 32.4 Å². The van der Waals surface area contributed by atoms with E-state index in [9.17, 15) is 18.0 Å². The number of amidine groups is 1. The number of carbonyl (C=O) groups is 1. The number of hydrogen-bond acceptors (Lipinski definition) is 3. The van der Waals surface area contributed by atoms with E-state index in [1.807, 2.05) is 24.8 Å². The van der Waals surface area contributed by atoms with Crippen LogP contribution in [-0.4, -0.2) is 47.7 Å². The van der Waals surface area contributed by atoms with Gasteiger partial charge in [-0.05, 0) is 49.8 Å². The summed E-state index contributed by atoms with van der Waals surface area (Å²) in [5.41, 5.74) is -0.735. The fourth-order valence-electron chi connectivity index (χ4n) is 2.92. The number of ether oxygens (including phenoxy) is 1. The molecule has 5 nitrogen and oxygen atoms in total.